The van der Waals surface area contributed by atoms with Crippen LogP contribution in [0.2, 0.25) is 5.02 Å². The fourth-order valence-electron chi connectivity index (χ4n) is 3.37. The monoisotopic (exact) mass is 397 g/mol. The first-order valence-corrected chi connectivity index (χ1v) is 9.05. The highest BCUT2D eigenvalue weighted by Crippen LogP contribution is 2.39. The van der Waals surface area contributed by atoms with Gasteiger partial charge in [-0.25, -0.2) is 0 Å². The molecule has 3 rings (SSSR count). The summed E-state index contributed by atoms with van der Waals surface area (Å²) in [6, 6.07) is 6.44. The summed E-state index contributed by atoms with van der Waals surface area (Å²) in [5.74, 6) is 0.812. The molecule has 0 bridgehead atoms. The van der Waals surface area contributed by atoms with E-state index in [0.29, 0.717) is 30.1 Å². The van der Waals surface area contributed by atoms with Crippen molar-refractivity contribution in [2.45, 2.75) is 25.8 Å². The highest BCUT2D eigenvalue weighted by molar-refractivity contribution is 6.31. The lowest BCUT2D eigenvalue weighted by atomic mass is 9.89. The number of hydrogen-bond donors (Lipinski definition) is 1. The largest absolute Gasteiger partial charge is 0.493 e. The average molecular weight is 398 g/mol. The maximum Gasteiger partial charge on any atom is 0.162 e. The molecule has 1 atom stereocenters. The van der Waals surface area contributed by atoms with E-state index in [1.165, 1.54) is 12.1 Å². The Morgan fingerprint density at radius 1 is 1.07 bits per heavy atom. The van der Waals surface area contributed by atoms with Crippen molar-refractivity contribution in [3.63, 3.8) is 0 Å². The molecule has 146 valence electrons. The zero-order chi connectivity index (χ0) is 24.4. The van der Waals surface area contributed by atoms with Crippen molar-refractivity contribution in [3.8, 4) is 23.0 Å². The van der Waals surface area contributed by atoms with Crippen molar-refractivity contribution in [1.82, 2.24) is 5.32 Å². The second-order valence-electron chi connectivity index (χ2n) is 6.19. The molecule has 27 heavy (non-hydrogen) atoms. The fourth-order valence-corrected chi connectivity index (χ4v) is 3.60. The van der Waals surface area contributed by atoms with Crippen LogP contribution in [0.5, 0.6) is 23.0 Å². The molecule has 1 aliphatic rings. The summed E-state index contributed by atoms with van der Waals surface area (Å²) in [6.45, 7) is 3.11. The van der Waals surface area contributed by atoms with Crippen molar-refractivity contribution in [2.24, 2.45) is 0 Å². The third-order valence-electron chi connectivity index (χ3n) is 4.64. The highest BCUT2D eigenvalue weighted by Gasteiger charge is 2.24. The van der Waals surface area contributed by atoms with Crippen LogP contribution in [-0.4, -0.2) is 34.3 Å². The van der Waals surface area contributed by atoms with Gasteiger partial charge in [0.2, 0.25) is 0 Å². The molecule has 1 heterocycles. The summed E-state index contributed by atoms with van der Waals surface area (Å²) in [7, 11) is -4.00. The van der Waals surface area contributed by atoms with Gasteiger partial charge in [-0.1, -0.05) is 11.6 Å². The minimum atomic E-state index is -2.80. The molecular formula is C21H26ClNO4. The number of benzene rings is 2. The first kappa shape index (κ1) is 13.1. The Labute approximate surface area is 174 Å². The Morgan fingerprint density at radius 2 is 1.81 bits per heavy atom. The lowest BCUT2D eigenvalue weighted by Gasteiger charge is -2.29. The maximum atomic E-state index is 7.42. The number of hydrogen-bond acceptors (Lipinski definition) is 5. The van der Waals surface area contributed by atoms with Crippen LogP contribution in [0, 0.1) is 0 Å². The lowest BCUT2D eigenvalue weighted by Crippen LogP contribution is -2.31. The predicted molar refractivity (Wildman–Crippen MR) is 107 cm³/mol. The minimum absolute atomic E-state index is 0.147. The van der Waals surface area contributed by atoms with E-state index in [0.717, 1.165) is 24.1 Å². The summed E-state index contributed by atoms with van der Waals surface area (Å²) in [4.78, 5) is 0. The fraction of sp³-hybridized carbons (Fsp3) is 0.429. The van der Waals surface area contributed by atoms with Gasteiger partial charge in [0.15, 0.2) is 23.0 Å². The standard InChI is InChI=1S/C21H26ClNO4/c1-5-27-21-11-15-13(9-19(21)25-3)6-7-23-17(15)8-14-10-18(24-2)20(26-4)12-16(14)22/h9-12,17,23H,5-8H2,1-4H3/i2D3,4D3. The Morgan fingerprint density at radius 3 is 2.52 bits per heavy atom. The zero-order valence-corrected chi connectivity index (χ0v) is 16.0. The summed E-state index contributed by atoms with van der Waals surface area (Å²) < 4.78 is 65.4. The van der Waals surface area contributed by atoms with E-state index in [4.69, 9.17) is 38.8 Å². The van der Waals surface area contributed by atoms with E-state index < -0.39 is 14.1 Å². The Bertz CT molecular complexity index is 996. The SMILES string of the molecule is [2H]C([2H])([2H])Oc1cc(Cl)c(CC2NCCc3cc(OC)c(OCC)cc32)cc1OC([2H])([2H])[2H]. The van der Waals surface area contributed by atoms with Gasteiger partial charge in [-0.05, 0) is 61.2 Å². The van der Waals surface area contributed by atoms with Crippen LogP contribution in [0.25, 0.3) is 0 Å². The maximum absolute atomic E-state index is 7.42. The second-order valence-corrected chi connectivity index (χ2v) is 6.60. The van der Waals surface area contributed by atoms with Gasteiger partial charge in [0.1, 0.15) is 0 Å². The smallest absolute Gasteiger partial charge is 0.162 e. The van der Waals surface area contributed by atoms with Crippen LogP contribution in [0.15, 0.2) is 24.3 Å². The number of halogens is 1. The molecule has 6 heteroatoms. The predicted octanol–water partition coefficient (Wildman–Crippen LogP) is 4.19. The molecular weight excluding hydrogens is 366 g/mol. The molecule has 1 N–H and O–H groups in total. The molecule has 0 spiro atoms. The van der Waals surface area contributed by atoms with Crippen molar-refractivity contribution >= 4 is 11.6 Å². The number of methoxy groups -OCH3 is 3. The van der Waals surface area contributed by atoms with Gasteiger partial charge < -0.3 is 24.3 Å². The van der Waals surface area contributed by atoms with E-state index in [9.17, 15) is 0 Å². The van der Waals surface area contributed by atoms with Crippen LogP contribution in [-0.2, 0) is 12.8 Å². The van der Waals surface area contributed by atoms with E-state index in [2.05, 4.69) is 5.32 Å². The Balaban J connectivity index is 1.98. The molecule has 0 fully saturated rings. The van der Waals surface area contributed by atoms with E-state index in [-0.39, 0.29) is 22.6 Å². The molecule has 1 aliphatic heterocycles. The van der Waals surface area contributed by atoms with Gasteiger partial charge in [-0.3, -0.25) is 0 Å². The van der Waals surface area contributed by atoms with E-state index >= 15 is 0 Å². The molecule has 0 radical (unpaired) electrons. The Kier molecular flexibility index (Phi) is 4.24. The molecule has 0 aliphatic carbocycles. The van der Waals surface area contributed by atoms with Crippen molar-refractivity contribution in [2.75, 3.05) is 34.3 Å². The molecule has 0 amide bonds. The van der Waals surface area contributed by atoms with Crippen LogP contribution in [0.4, 0.5) is 0 Å². The van der Waals surface area contributed by atoms with Gasteiger partial charge >= 0.3 is 0 Å². The van der Waals surface area contributed by atoms with Gasteiger partial charge in [0.25, 0.3) is 0 Å². The summed E-state index contributed by atoms with van der Waals surface area (Å²) in [5, 5.41) is 3.69. The van der Waals surface area contributed by atoms with E-state index in [1.54, 1.807) is 7.11 Å². The number of rotatable bonds is 7. The van der Waals surface area contributed by atoms with Gasteiger partial charge in [0, 0.05) is 17.1 Å². The average Bonchev–Trinajstić information content (AvgIpc) is 2.69. The molecule has 0 aromatic heterocycles. The van der Waals surface area contributed by atoms with Crippen molar-refractivity contribution in [1.29, 1.82) is 0 Å². The van der Waals surface area contributed by atoms with Gasteiger partial charge in [0.05, 0.1) is 36.0 Å². The third kappa shape index (κ3) is 4.09. The summed E-state index contributed by atoms with van der Waals surface area (Å²) in [6.07, 6.45) is 1.20. The lowest BCUT2D eigenvalue weighted by molar-refractivity contribution is 0.309. The quantitative estimate of drug-likeness (QED) is 0.758. The van der Waals surface area contributed by atoms with Crippen LogP contribution in [0.1, 0.15) is 37.9 Å². The second kappa shape index (κ2) is 8.72. The number of ether oxygens (including phenoxy) is 4. The highest BCUT2D eigenvalue weighted by atomic mass is 35.5. The van der Waals surface area contributed by atoms with Gasteiger partial charge in [-0.15, -0.1) is 0 Å². The normalized spacial score (nSPS) is 20.0. The van der Waals surface area contributed by atoms with Crippen molar-refractivity contribution in [3.05, 3.63) is 46.0 Å². The third-order valence-corrected chi connectivity index (χ3v) is 4.99. The minimum Gasteiger partial charge on any atom is -0.493 e. The van der Waals surface area contributed by atoms with Crippen LogP contribution >= 0.6 is 11.6 Å². The molecule has 2 aromatic rings. The summed E-state index contributed by atoms with van der Waals surface area (Å²) in [5.41, 5.74) is 2.70. The van der Waals surface area contributed by atoms with Crippen LogP contribution < -0.4 is 24.3 Å². The van der Waals surface area contributed by atoms with E-state index in [1.807, 2.05) is 19.1 Å². The number of fused-ring (bicyclic) bond motifs is 1. The van der Waals surface area contributed by atoms with Crippen molar-refractivity contribution < 1.29 is 27.2 Å². The van der Waals surface area contributed by atoms with Crippen LogP contribution in [0.3, 0.4) is 0 Å². The first-order valence-electron chi connectivity index (χ1n) is 11.7. The molecule has 0 saturated heterocycles. The molecule has 2 aromatic carbocycles. The first-order chi connectivity index (χ1) is 15.4. The summed E-state index contributed by atoms with van der Waals surface area (Å²) >= 11 is 6.44. The molecule has 5 nitrogen and oxygen atoms in total. The topological polar surface area (TPSA) is 49.0 Å². The Hall–Kier alpha value is -2.11. The zero-order valence-electron chi connectivity index (χ0n) is 21.2. The molecule has 1 unspecified atom stereocenters. The number of nitrogens with one attached hydrogen (secondary N) is 1. The molecule has 0 saturated carbocycles. The van der Waals surface area contributed by atoms with Gasteiger partial charge in [-0.2, -0.15) is 0 Å².